The molecule has 0 radical (unpaired) electrons. The molecule has 7 heteroatoms. The second-order valence-corrected chi connectivity index (χ2v) is 7.45. The molecule has 1 fully saturated rings. The van der Waals surface area contributed by atoms with Crippen LogP contribution >= 0.6 is 0 Å². The van der Waals surface area contributed by atoms with E-state index in [9.17, 15) is 4.79 Å². The normalized spacial score (nSPS) is 17.0. The highest BCUT2D eigenvalue weighted by Gasteiger charge is 2.28. The summed E-state index contributed by atoms with van der Waals surface area (Å²) >= 11 is 0. The van der Waals surface area contributed by atoms with Gasteiger partial charge >= 0.3 is 0 Å². The number of hydrogen-bond donors (Lipinski definition) is 0. The number of carbonyl (C=O) groups excluding carboxylic acids is 1. The Balaban J connectivity index is 1.68. The van der Waals surface area contributed by atoms with Crippen LogP contribution in [0.2, 0.25) is 0 Å². The van der Waals surface area contributed by atoms with E-state index in [0.717, 1.165) is 18.9 Å². The van der Waals surface area contributed by atoms with Gasteiger partial charge in [-0.3, -0.25) is 4.79 Å². The standard InChI is InChI=1S/C21H28N4O3/c1-15(2)11-21(26)25-10-9-24(13-16(25)3)19-12-20(23-14-22-19)28-18-8-6-5-7-17(18)27-4/h5-8,12,14-16H,9-11,13H2,1-4H3/t16-/m1/s1. The van der Waals surface area contributed by atoms with Gasteiger partial charge in [-0.2, -0.15) is 0 Å². The van der Waals surface area contributed by atoms with Crippen molar-refractivity contribution in [3.63, 3.8) is 0 Å². The van der Waals surface area contributed by atoms with Crippen molar-refractivity contribution < 1.29 is 14.3 Å². The fourth-order valence-corrected chi connectivity index (χ4v) is 3.38. The van der Waals surface area contributed by atoms with Gasteiger partial charge in [-0.15, -0.1) is 0 Å². The van der Waals surface area contributed by atoms with Crippen LogP contribution in [-0.4, -0.2) is 53.6 Å². The molecule has 0 N–H and O–H groups in total. The second kappa shape index (κ2) is 8.91. The summed E-state index contributed by atoms with van der Waals surface area (Å²) in [6.45, 7) is 8.39. The molecule has 28 heavy (non-hydrogen) atoms. The molecular weight excluding hydrogens is 356 g/mol. The molecule has 0 unspecified atom stereocenters. The summed E-state index contributed by atoms with van der Waals surface area (Å²) < 4.78 is 11.2. The van der Waals surface area contributed by atoms with Gasteiger partial charge in [0.05, 0.1) is 7.11 Å². The van der Waals surface area contributed by atoms with E-state index in [-0.39, 0.29) is 11.9 Å². The predicted molar refractivity (Wildman–Crippen MR) is 108 cm³/mol. The lowest BCUT2D eigenvalue weighted by molar-refractivity contribution is -0.134. The van der Waals surface area contributed by atoms with Crippen molar-refractivity contribution in [1.82, 2.24) is 14.9 Å². The van der Waals surface area contributed by atoms with Crippen molar-refractivity contribution in [3.05, 3.63) is 36.7 Å². The summed E-state index contributed by atoms with van der Waals surface area (Å²) in [5.74, 6) is 3.10. The number of methoxy groups -OCH3 is 1. The van der Waals surface area contributed by atoms with E-state index in [0.29, 0.717) is 36.3 Å². The average Bonchev–Trinajstić information content (AvgIpc) is 2.68. The van der Waals surface area contributed by atoms with Crippen LogP contribution in [0, 0.1) is 5.92 Å². The maximum absolute atomic E-state index is 12.4. The topological polar surface area (TPSA) is 67.8 Å². The van der Waals surface area contributed by atoms with Crippen LogP contribution in [0.15, 0.2) is 36.7 Å². The Morgan fingerprint density at radius 2 is 1.96 bits per heavy atom. The molecule has 2 heterocycles. The van der Waals surface area contributed by atoms with E-state index in [1.807, 2.05) is 35.2 Å². The first kappa shape index (κ1) is 19.9. The number of para-hydroxylation sites is 2. The summed E-state index contributed by atoms with van der Waals surface area (Å²) in [7, 11) is 1.61. The number of anilines is 1. The smallest absolute Gasteiger partial charge is 0.224 e. The first-order chi connectivity index (χ1) is 13.5. The molecule has 1 aliphatic rings. The summed E-state index contributed by atoms with van der Waals surface area (Å²) in [4.78, 5) is 25.2. The minimum atomic E-state index is 0.133. The number of ether oxygens (including phenoxy) is 2. The lowest BCUT2D eigenvalue weighted by atomic mass is 10.1. The first-order valence-corrected chi connectivity index (χ1v) is 9.65. The van der Waals surface area contributed by atoms with Crippen molar-refractivity contribution in [2.24, 2.45) is 5.92 Å². The summed E-state index contributed by atoms with van der Waals surface area (Å²) in [6, 6.07) is 9.40. The highest BCUT2D eigenvalue weighted by atomic mass is 16.5. The first-order valence-electron chi connectivity index (χ1n) is 9.65. The molecule has 2 aromatic rings. The third kappa shape index (κ3) is 4.71. The molecule has 150 valence electrons. The Morgan fingerprint density at radius 3 is 2.64 bits per heavy atom. The Hall–Kier alpha value is -2.83. The Morgan fingerprint density at radius 1 is 1.21 bits per heavy atom. The highest BCUT2D eigenvalue weighted by Crippen LogP contribution is 2.31. The number of carbonyl (C=O) groups is 1. The third-order valence-corrected chi connectivity index (χ3v) is 4.77. The fourth-order valence-electron chi connectivity index (χ4n) is 3.38. The van der Waals surface area contributed by atoms with Crippen molar-refractivity contribution in [2.45, 2.75) is 33.2 Å². The predicted octanol–water partition coefficient (Wildman–Crippen LogP) is 3.36. The van der Waals surface area contributed by atoms with Gasteiger partial charge < -0.3 is 19.3 Å². The molecule has 1 saturated heterocycles. The highest BCUT2D eigenvalue weighted by molar-refractivity contribution is 5.77. The van der Waals surface area contributed by atoms with E-state index in [4.69, 9.17) is 9.47 Å². The van der Waals surface area contributed by atoms with E-state index < -0.39 is 0 Å². The van der Waals surface area contributed by atoms with Gasteiger partial charge in [-0.1, -0.05) is 26.0 Å². The third-order valence-electron chi connectivity index (χ3n) is 4.77. The van der Waals surface area contributed by atoms with Crippen LogP contribution in [-0.2, 0) is 4.79 Å². The Labute approximate surface area is 166 Å². The maximum atomic E-state index is 12.4. The number of amides is 1. The SMILES string of the molecule is COc1ccccc1Oc1cc(N2CCN(C(=O)CC(C)C)[C@H](C)C2)ncn1. The molecule has 1 aromatic carbocycles. The van der Waals surface area contributed by atoms with E-state index in [1.54, 1.807) is 7.11 Å². The Bertz CT molecular complexity index is 812. The van der Waals surface area contributed by atoms with Crippen LogP contribution in [0.3, 0.4) is 0 Å². The molecule has 3 rings (SSSR count). The van der Waals surface area contributed by atoms with Crippen molar-refractivity contribution >= 4 is 11.7 Å². The van der Waals surface area contributed by atoms with Crippen molar-refractivity contribution in [2.75, 3.05) is 31.6 Å². The zero-order chi connectivity index (χ0) is 20.1. The summed E-state index contributed by atoms with van der Waals surface area (Å²) in [5, 5.41) is 0. The monoisotopic (exact) mass is 384 g/mol. The molecule has 1 aliphatic heterocycles. The molecule has 1 aromatic heterocycles. The average molecular weight is 384 g/mol. The van der Waals surface area contributed by atoms with Crippen LogP contribution in [0.25, 0.3) is 0 Å². The quantitative estimate of drug-likeness (QED) is 0.761. The number of rotatable bonds is 6. The summed E-state index contributed by atoms with van der Waals surface area (Å²) in [5.41, 5.74) is 0. The van der Waals surface area contributed by atoms with Crippen molar-refractivity contribution in [1.29, 1.82) is 0 Å². The fraction of sp³-hybridized carbons (Fsp3) is 0.476. The van der Waals surface area contributed by atoms with Crippen LogP contribution in [0.1, 0.15) is 27.2 Å². The second-order valence-electron chi connectivity index (χ2n) is 7.45. The van der Waals surface area contributed by atoms with E-state index in [2.05, 4.69) is 35.6 Å². The molecule has 1 amide bonds. The molecule has 7 nitrogen and oxygen atoms in total. The summed E-state index contributed by atoms with van der Waals surface area (Å²) in [6.07, 6.45) is 2.09. The zero-order valence-corrected chi connectivity index (χ0v) is 17.0. The van der Waals surface area contributed by atoms with Crippen LogP contribution in [0.5, 0.6) is 17.4 Å². The number of hydrogen-bond acceptors (Lipinski definition) is 6. The lowest BCUT2D eigenvalue weighted by Crippen LogP contribution is -2.54. The molecular formula is C21H28N4O3. The van der Waals surface area contributed by atoms with Gasteiger partial charge in [0.2, 0.25) is 11.8 Å². The Kier molecular flexibility index (Phi) is 6.34. The van der Waals surface area contributed by atoms with Crippen molar-refractivity contribution in [3.8, 4) is 17.4 Å². The number of benzene rings is 1. The number of aromatic nitrogens is 2. The molecule has 0 saturated carbocycles. The lowest BCUT2D eigenvalue weighted by Gasteiger charge is -2.40. The van der Waals surface area contributed by atoms with E-state index >= 15 is 0 Å². The molecule has 0 spiro atoms. The minimum Gasteiger partial charge on any atom is -0.493 e. The van der Waals surface area contributed by atoms with Gasteiger partial charge in [0.1, 0.15) is 12.1 Å². The van der Waals surface area contributed by atoms with E-state index in [1.165, 1.54) is 6.33 Å². The van der Waals surface area contributed by atoms with Gasteiger partial charge in [0.15, 0.2) is 11.5 Å². The number of nitrogens with zero attached hydrogens (tertiary/aromatic N) is 4. The van der Waals surface area contributed by atoms with Crippen LogP contribution in [0.4, 0.5) is 5.82 Å². The molecule has 0 bridgehead atoms. The van der Waals surface area contributed by atoms with Gasteiger partial charge in [0, 0.05) is 38.2 Å². The maximum Gasteiger partial charge on any atom is 0.224 e. The molecule has 1 atom stereocenters. The van der Waals surface area contributed by atoms with Gasteiger partial charge in [0.25, 0.3) is 0 Å². The van der Waals surface area contributed by atoms with Crippen LogP contribution < -0.4 is 14.4 Å². The van der Waals surface area contributed by atoms with Gasteiger partial charge in [-0.05, 0) is 25.0 Å². The largest absolute Gasteiger partial charge is 0.493 e. The number of piperazine rings is 1. The van der Waals surface area contributed by atoms with Gasteiger partial charge in [-0.25, -0.2) is 9.97 Å². The minimum absolute atomic E-state index is 0.133. The molecule has 0 aliphatic carbocycles. The zero-order valence-electron chi connectivity index (χ0n) is 17.0.